The maximum atomic E-state index is 13.2. The van der Waals surface area contributed by atoms with E-state index in [1.54, 1.807) is 7.11 Å². The molecule has 0 radical (unpaired) electrons. The summed E-state index contributed by atoms with van der Waals surface area (Å²) >= 11 is 0. The Hall–Kier alpha value is -2.59. The van der Waals surface area contributed by atoms with Crippen LogP contribution in [0, 0.1) is 0 Å². The van der Waals surface area contributed by atoms with Gasteiger partial charge in [0, 0.05) is 37.3 Å². The fourth-order valence-electron chi connectivity index (χ4n) is 3.01. The quantitative estimate of drug-likeness (QED) is 0.636. The molecular weight excluding hydrogens is 312 g/mol. The van der Waals surface area contributed by atoms with Gasteiger partial charge >= 0.3 is 0 Å². The number of methoxy groups -OCH3 is 1. The number of hydrogen-bond acceptors (Lipinski definition) is 3. The Morgan fingerprint density at radius 2 is 1.60 bits per heavy atom. The van der Waals surface area contributed by atoms with Crippen molar-refractivity contribution in [2.45, 2.75) is 0 Å². The Labute approximate surface area is 149 Å². The molecule has 4 nitrogen and oxygen atoms in total. The number of carbonyl (C=O) groups is 1. The molecule has 1 amide bonds. The van der Waals surface area contributed by atoms with Crippen LogP contribution in [0.5, 0.6) is 5.75 Å². The van der Waals surface area contributed by atoms with Gasteiger partial charge in [-0.2, -0.15) is 0 Å². The van der Waals surface area contributed by atoms with Crippen molar-refractivity contribution in [3.63, 3.8) is 0 Å². The molecule has 1 heterocycles. The van der Waals surface area contributed by atoms with Gasteiger partial charge in [0.05, 0.1) is 7.11 Å². The summed E-state index contributed by atoms with van der Waals surface area (Å²) in [5, 5.41) is 0. The second kappa shape index (κ2) is 7.99. The van der Waals surface area contributed by atoms with E-state index < -0.39 is 0 Å². The van der Waals surface area contributed by atoms with E-state index in [0.717, 1.165) is 43.1 Å². The largest absolute Gasteiger partial charge is 0.496 e. The number of benzene rings is 2. The molecule has 1 fully saturated rings. The van der Waals surface area contributed by atoms with Crippen LogP contribution in [0.15, 0.2) is 54.6 Å². The molecule has 2 aromatic rings. The van der Waals surface area contributed by atoms with E-state index in [2.05, 4.69) is 11.9 Å². The van der Waals surface area contributed by atoms with Crippen LogP contribution in [-0.4, -0.2) is 56.0 Å². The van der Waals surface area contributed by atoms with Gasteiger partial charge in [-0.3, -0.25) is 4.79 Å². The van der Waals surface area contributed by atoms with Crippen LogP contribution in [0.25, 0.3) is 11.6 Å². The molecule has 3 rings (SSSR count). The van der Waals surface area contributed by atoms with Gasteiger partial charge in [0.15, 0.2) is 0 Å². The number of amides is 1. The van der Waals surface area contributed by atoms with Gasteiger partial charge in [0.25, 0.3) is 5.91 Å². The van der Waals surface area contributed by atoms with Crippen LogP contribution < -0.4 is 4.74 Å². The molecule has 0 aromatic heterocycles. The van der Waals surface area contributed by atoms with E-state index in [9.17, 15) is 4.79 Å². The molecule has 2 aromatic carbocycles. The average molecular weight is 336 g/mol. The first kappa shape index (κ1) is 17.2. The zero-order chi connectivity index (χ0) is 17.6. The predicted octanol–water partition coefficient (Wildman–Crippen LogP) is 3.01. The third-order valence-corrected chi connectivity index (χ3v) is 4.54. The minimum atomic E-state index is 0.0743. The Morgan fingerprint density at radius 1 is 0.960 bits per heavy atom. The first-order valence-electron chi connectivity index (χ1n) is 8.57. The molecule has 25 heavy (non-hydrogen) atoms. The summed E-state index contributed by atoms with van der Waals surface area (Å²) in [5.41, 5.74) is 2.54. The number of hydrogen-bond donors (Lipinski definition) is 0. The standard InChI is InChI=1S/C21H24N2O2/c1-22-12-14-23(15-13-22)21(24)19(17-8-4-3-5-9-17)16-18-10-6-7-11-20(18)25-2/h3-11,16H,12-15H2,1-2H3/b19-16+. The monoisotopic (exact) mass is 336 g/mol. The summed E-state index contributed by atoms with van der Waals surface area (Å²) < 4.78 is 5.45. The molecule has 0 unspecified atom stereocenters. The molecular formula is C21H24N2O2. The minimum absolute atomic E-state index is 0.0743. The summed E-state index contributed by atoms with van der Waals surface area (Å²) in [6, 6.07) is 17.6. The third kappa shape index (κ3) is 4.09. The molecule has 0 atom stereocenters. The van der Waals surface area contributed by atoms with Crippen LogP contribution in [0.4, 0.5) is 0 Å². The SMILES string of the molecule is COc1ccccc1/C=C(/C(=O)N1CCN(C)CC1)c1ccccc1. The molecule has 0 aliphatic carbocycles. The number of nitrogens with zero attached hydrogens (tertiary/aromatic N) is 2. The molecule has 130 valence electrons. The highest BCUT2D eigenvalue weighted by atomic mass is 16.5. The van der Waals surface area contributed by atoms with E-state index in [-0.39, 0.29) is 5.91 Å². The van der Waals surface area contributed by atoms with Crippen molar-refractivity contribution in [1.82, 2.24) is 9.80 Å². The number of ether oxygens (including phenoxy) is 1. The second-order valence-electron chi connectivity index (χ2n) is 6.26. The summed E-state index contributed by atoms with van der Waals surface area (Å²) in [5.74, 6) is 0.840. The Balaban J connectivity index is 1.98. The lowest BCUT2D eigenvalue weighted by atomic mass is 10.0. The van der Waals surface area contributed by atoms with Gasteiger partial charge in [-0.05, 0) is 24.8 Å². The fourth-order valence-corrected chi connectivity index (χ4v) is 3.01. The van der Waals surface area contributed by atoms with Crippen molar-refractivity contribution >= 4 is 17.6 Å². The van der Waals surface area contributed by atoms with E-state index in [1.165, 1.54) is 0 Å². The van der Waals surface area contributed by atoms with E-state index in [4.69, 9.17) is 4.74 Å². The normalized spacial score (nSPS) is 15.9. The average Bonchev–Trinajstić information content (AvgIpc) is 2.67. The zero-order valence-electron chi connectivity index (χ0n) is 14.8. The van der Waals surface area contributed by atoms with Crippen molar-refractivity contribution in [2.75, 3.05) is 40.3 Å². The molecule has 0 N–H and O–H groups in total. The third-order valence-electron chi connectivity index (χ3n) is 4.54. The summed E-state index contributed by atoms with van der Waals surface area (Å²) in [7, 11) is 3.74. The van der Waals surface area contributed by atoms with Crippen molar-refractivity contribution < 1.29 is 9.53 Å². The fraction of sp³-hybridized carbons (Fsp3) is 0.286. The molecule has 1 aliphatic rings. The van der Waals surface area contributed by atoms with Crippen LogP contribution in [0.3, 0.4) is 0 Å². The number of para-hydroxylation sites is 1. The topological polar surface area (TPSA) is 32.8 Å². The van der Waals surface area contributed by atoms with Crippen LogP contribution >= 0.6 is 0 Å². The first-order valence-corrected chi connectivity index (χ1v) is 8.57. The Kier molecular flexibility index (Phi) is 5.51. The van der Waals surface area contributed by atoms with E-state index in [1.807, 2.05) is 65.6 Å². The highest BCUT2D eigenvalue weighted by Crippen LogP contribution is 2.26. The van der Waals surface area contributed by atoms with Gasteiger partial charge in [0.2, 0.25) is 0 Å². The smallest absolute Gasteiger partial charge is 0.254 e. The molecule has 1 saturated heterocycles. The number of likely N-dealkylation sites (N-methyl/N-ethyl adjacent to an activating group) is 1. The molecule has 1 aliphatic heterocycles. The van der Waals surface area contributed by atoms with Gasteiger partial charge in [-0.15, -0.1) is 0 Å². The first-order chi connectivity index (χ1) is 12.2. The zero-order valence-corrected chi connectivity index (χ0v) is 14.8. The maximum Gasteiger partial charge on any atom is 0.254 e. The summed E-state index contributed by atoms with van der Waals surface area (Å²) in [4.78, 5) is 17.4. The van der Waals surface area contributed by atoms with Gasteiger partial charge in [-0.1, -0.05) is 48.5 Å². The summed E-state index contributed by atoms with van der Waals surface area (Å²) in [6.07, 6.45) is 1.94. The minimum Gasteiger partial charge on any atom is -0.496 e. The highest BCUT2D eigenvalue weighted by Gasteiger charge is 2.23. The lowest BCUT2D eigenvalue weighted by molar-refractivity contribution is -0.126. The summed E-state index contributed by atoms with van der Waals surface area (Å²) in [6.45, 7) is 3.32. The molecule has 0 saturated carbocycles. The van der Waals surface area contributed by atoms with Crippen LogP contribution in [-0.2, 0) is 4.79 Å². The van der Waals surface area contributed by atoms with Crippen molar-refractivity contribution in [2.24, 2.45) is 0 Å². The van der Waals surface area contributed by atoms with E-state index in [0.29, 0.717) is 5.57 Å². The Morgan fingerprint density at radius 3 is 2.28 bits per heavy atom. The van der Waals surface area contributed by atoms with Crippen LogP contribution in [0.2, 0.25) is 0 Å². The number of piperazine rings is 1. The lowest BCUT2D eigenvalue weighted by Crippen LogP contribution is -2.47. The lowest BCUT2D eigenvalue weighted by Gasteiger charge is -2.33. The second-order valence-corrected chi connectivity index (χ2v) is 6.26. The van der Waals surface area contributed by atoms with Gasteiger partial charge < -0.3 is 14.5 Å². The number of carbonyl (C=O) groups excluding carboxylic acids is 1. The molecule has 0 bridgehead atoms. The van der Waals surface area contributed by atoms with Gasteiger partial charge in [0.1, 0.15) is 5.75 Å². The van der Waals surface area contributed by atoms with Gasteiger partial charge in [-0.25, -0.2) is 0 Å². The predicted molar refractivity (Wildman–Crippen MR) is 101 cm³/mol. The molecule has 0 spiro atoms. The van der Waals surface area contributed by atoms with Crippen molar-refractivity contribution in [1.29, 1.82) is 0 Å². The van der Waals surface area contributed by atoms with Crippen molar-refractivity contribution in [3.05, 3.63) is 65.7 Å². The number of rotatable bonds is 4. The maximum absolute atomic E-state index is 13.2. The van der Waals surface area contributed by atoms with Crippen molar-refractivity contribution in [3.8, 4) is 5.75 Å². The van der Waals surface area contributed by atoms with Crippen LogP contribution in [0.1, 0.15) is 11.1 Å². The highest BCUT2D eigenvalue weighted by molar-refractivity contribution is 6.24. The Bertz CT molecular complexity index is 748. The van der Waals surface area contributed by atoms with E-state index >= 15 is 0 Å². The molecule has 4 heteroatoms.